The van der Waals surface area contributed by atoms with Crippen LogP contribution in [-0.2, 0) is 15.9 Å². The minimum Gasteiger partial charge on any atom is -0.375 e. The summed E-state index contributed by atoms with van der Waals surface area (Å²) < 4.78 is 11.1. The zero-order valence-corrected chi connectivity index (χ0v) is 12.4. The highest BCUT2D eigenvalue weighted by Crippen LogP contribution is 2.32. The molecule has 3 rings (SSSR count). The average Bonchev–Trinajstić information content (AvgIpc) is 2.78. The molecule has 110 valence electrons. The van der Waals surface area contributed by atoms with Gasteiger partial charge in [0.1, 0.15) is 5.60 Å². The molecule has 1 fully saturated rings. The Kier molecular flexibility index (Phi) is 3.10. The van der Waals surface area contributed by atoms with E-state index in [0.29, 0.717) is 18.8 Å². The molecule has 2 aliphatic heterocycles. The van der Waals surface area contributed by atoms with E-state index in [1.807, 2.05) is 20.8 Å². The predicted molar refractivity (Wildman–Crippen MR) is 72.6 cm³/mol. The monoisotopic (exact) mass is 279 g/mol. The van der Waals surface area contributed by atoms with Gasteiger partial charge in [0, 0.05) is 19.1 Å². The maximum absolute atomic E-state index is 12.5. The lowest BCUT2D eigenvalue weighted by atomic mass is 9.94. The summed E-state index contributed by atoms with van der Waals surface area (Å²) in [7, 11) is 1.68. The van der Waals surface area contributed by atoms with E-state index in [4.69, 9.17) is 9.47 Å². The lowest BCUT2D eigenvalue weighted by Gasteiger charge is -2.46. The van der Waals surface area contributed by atoms with Crippen LogP contribution in [0, 0.1) is 0 Å². The zero-order chi connectivity index (χ0) is 14.5. The fraction of sp³-hybridized carbons (Fsp3) is 0.714. The summed E-state index contributed by atoms with van der Waals surface area (Å²) in [6.07, 6.45) is 0.804. The Hall–Kier alpha value is -1.40. The van der Waals surface area contributed by atoms with Crippen LogP contribution < -0.4 is 0 Å². The average molecular weight is 279 g/mol. The van der Waals surface area contributed by atoms with Crippen molar-refractivity contribution in [3.63, 3.8) is 0 Å². The second-order valence-corrected chi connectivity index (χ2v) is 6.07. The number of aromatic amines is 1. The molecular weight excluding hydrogens is 258 g/mol. The summed E-state index contributed by atoms with van der Waals surface area (Å²) in [5.74, 6) is -0.0154. The van der Waals surface area contributed by atoms with Gasteiger partial charge in [-0.15, -0.1) is 0 Å². The van der Waals surface area contributed by atoms with Crippen LogP contribution >= 0.6 is 0 Å². The molecule has 2 atom stereocenters. The molecule has 0 aromatic carbocycles. The predicted octanol–water partition coefficient (Wildman–Crippen LogP) is 1.29. The molecule has 6 heteroatoms. The molecule has 1 N–H and O–H groups in total. The highest BCUT2D eigenvalue weighted by atomic mass is 16.5. The number of hydrogen-bond acceptors (Lipinski definition) is 4. The highest BCUT2D eigenvalue weighted by Gasteiger charge is 2.43. The van der Waals surface area contributed by atoms with Crippen LogP contribution in [0.15, 0.2) is 0 Å². The van der Waals surface area contributed by atoms with Gasteiger partial charge < -0.3 is 14.4 Å². The largest absolute Gasteiger partial charge is 0.375 e. The summed E-state index contributed by atoms with van der Waals surface area (Å²) >= 11 is 0. The summed E-state index contributed by atoms with van der Waals surface area (Å²) in [4.78, 5) is 14.3. The topological polar surface area (TPSA) is 67.5 Å². The Morgan fingerprint density at radius 3 is 2.85 bits per heavy atom. The van der Waals surface area contributed by atoms with Gasteiger partial charge in [-0.25, -0.2) is 0 Å². The molecule has 20 heavy (non-hydrogen) atoms. The van der Waals surface area contributed by atoms with Crippen molar-refractivity contribution < 1.29 is 14.3 Å². The maximum atomic E-state index is 12.5. The second-order valence-electron chi connectivity index (χ2n) is 6.07. The van der Waals surface area contributed by atoms with Crippen molar-refractivity contribution in [2.75, 3.05) is 20.2 Å². The Balaban J connectivity index is 1.81. The molecule has 0 unspecified atom stereocenters. The third-order valence-corrected chi connectivity index (χ3v) is 4.27. The number of ether oxygens (including phenoxy) is 2. The Morgan fingerprint density at radius 1 is 1.50 bits per heavy atom. The molecule has 1 amide bonds. The highest BCUT2D eigenvalue weighted by molar-refractivity contribution is 5.94. The standard InChI is InChI=1S/C14H21N3O3/c1-8-5-10-11(9(2)20-8)15-16-12(10)13(18)17-6-14(3,7-17)19-4/h8-9H,5-7H2,1-4H3,(H,15,16)/t8-,9+/m0/s1. The van der Waals surface area contributed by atoms with Gasteiger partial charge in [-0.2, -0.15) is 5.10 Å². The number of carbonyl (C=O) groups excluding carboxylic acids is 1. The number of hydrogen-bond donors (Lipinski definition) is 1. The van der Waals surface area contributed by atoms with Crippen LogP contribution in [0.4, 0.5) is 0 Å². The maximum Gasteiger partial charge on any atom is 0.274 e. The van der Waals surface area contributed by atoms with Crippen molar-refractivity contribution in [1.29, 1.82) is 0 Å². The second kappa shape index (κ2) is 4.56. The van der Waals surface area contributed by atoms with Crippen LogP contribution in [0.2, 0.25) is 0 Å². The van der Waals surface area contributed by atoms with E-state index < -0.39 is 0 Å². The molecule has 1 aromatic rings. The number of aromatic nitrogens is 2. The van der Waals surface area contributed by atoms with E-state index in [9.17, 15) is 4.79 Å². The Bertz CT molecular complexity index is 534. The summed E-state index contributed by atoms with van der Waals surface area (Å²) in [5, 5.41) is 7.18. The van der Waals surface area contributed by atoms with Crippen molar-refractivity contribution in [3.05, 3.63) is 17.0 Å². The molecule has 0 radical (unpaired) electrons. The number of rotatable bonds is 2. The van der Waals surface area contributed by atoms with E-state index in [1.165, 1.54) is 0 Å². The first kappa shape index (κ1) is 13.6. The summed E-state index contributed by atoms with van der Waals surface area (Å²) in [6.45, 7) is 7.24. The first-order chi connectivity index (χ1) is 9.43. The van der Waals surface area contributed by atoms with Crippen LogP contribution in [0.1, 0.15) is 48.6 Å². The molecule has 0 saturated carbocycles. The SMILES string of the molecule is COC1(C)CN(C(=O)c2n[nH]c3c2C[C@H](C)O[C@@H]3C)C1. The third kappa shape index (κ3) is 2.03. The van der Waals surface area contributed by atoms with Crippen molar-refractivity contribution in [2.45, 2.75) is 45.0 Å². The zero-order valence-electron chi connectivity index (χ0n) is 12.4. The number of nitrogens with zero attached hydrogens (tertiary/aromatic N) is 2. The van der Waals surface area contributed by atoms with Crippen LogP contribution in [-0.4, -0.2) is 52.9 Å². The first-order valence-corrected chi connectivity index (χ1v) is 7.00. The molecule has 2 aliphatic rings. The van der Waals surface area contributed by atoms with Gasteiger partial charge >= 0.3 is 0 Å². The quantitative estimate of drug-likeness (QED) is 0.886. The Labute approximate surface area is 118 Å². The number of amides is 1. The molecule has 1 saturated heterocycles. The third-order valence-electron chi connectivity index (χ3n) is 4.27. The molecule has 0 spiro atoms. The smallest absolute Gasteiger partial charge is 0.274 e. The minimum absolute atomic E-state index is 0.0154. The summed E-state index contributed by atoms with van der Waals surface area (Å²) in [6, 6.07) is 0. The lowest BCUT2D eigenvalue weighted by Crippen LogP contribution is -2.62. The van der Waals surface area contributed by atoms with Gasteiger partial charge in [0.05, 0.1) is 31.0 Å². The van der Waals surface area contributed by atoms with Crippen LogP contribution in [0.25, 0.3) is 0 Å². The Morgan fingerprint density at radius 2 is 2.20 bits per heavy atom. The van der Waals surface area contributed by atoms with E-state index >= 15 is 0 Å². The van der Waals surface area contributed by atoms with Gasteiger partial charge in [0.15, 0.2) is 5.69 Å². The molecule has 6 nitrogen and oxygen atoms in total. The minimum atomic E-state index is -0.213. The van der Waals surface area contributed by atoms with E-state index in [2.05, 4.69) is 10.2 Å². The van der Waals surface area contributed by atoms with Gasteiger partial charge in [0.25, 0.3) is 5.91 Å². The van der Waals surface area contributed by atoms with Gasteiger partial charge in [-0.05, 0) is 20.8 Å². The van der Waals surface area contributed by atoms with E-state index in [0.717, 1.165) is 17.7 Å². The molecule has 0 aliphatic carbocycles. The van der Waals surface area contributed by atoms with Crippen molar-refractivity contribution >= 4 is 5.91 Å². The normalized spacial score (nSPS) is 27.9. The number of fused-ring (bicyclic) bond motifs is 1. The van der Waals surface area contributed by atoms with Crippen LogP contribution in [0.5, 0.6) is 0 Å². The van der Waals surface area contributed by atoms with E-state index in [-0.39, 0.29) is 23.7 Å². The summed E-state index contributed by atoms with van der Waals surface area (Å²) in [5.41, 5.74) is 2.27. The van der Waals surface area contributed by atoms with Crippen molar-refractivity contribution in [1.82, 2.24) is 15.1 Å². The van der Waals surface area contributed by atoms with E-state index in [1.54, 1.807) is 12.0 Å². The number of nitrogens with one attached hydrogen (secondary N) is 1. The lowest BCUT2D eigenvalue weighted by molar-refractivity contribution is -0.0949. The van der Waals surface area contributed by atoms with Gasteiger partial charge in [0.2, 0.25) is 0 Å². The molecule has 1 aromatic heterocycles. The van der Waals surface area contributed by atoms with Crippen molar-refractivity contribution in [3.8, 4) is 0 Å². The fourth-order valence-corrected chi connectivity index (χ4v) is 3.03. The van der Waals surface area contributed by atoms with Crippen LogP contribution in [0.3, 0.4) is 0 Å². The number of H-pyrrole nitrogens is 1. The van der Waals surface area contributed by atoms with Gasteiger partial charge in [-0.1, -0.05) is 0 Å². The fourth-order valence-electron chi connectivity index (χ4n) is 3.03. The number of methoxy groups -OCH3 is 1. The molecule has 3 heterocycles. The van der Waals surface area contributed by atoms with Gasteiger partial charge in [-0.3, -0.25) is 9.89 Å². The molecule has 0 bridgehead atoms. The van der Waals surface area contributed by atoms with Crippen molar-refractivity contribution in [2.24, 2.45) is 0 Å². The number of likely N-dealkylation sites (tertiary alicyclic amines) is 1. The molecular formula is C14H21N3O3. The first-order valence-electron chi connectivity index (χ1n) is 7.00. The number of carbonyl (C=O) groups is 1.